The molecule has 0 saturated heterocycles. The van der Waals surface area contributed by atoms with Crippen LogP contribution in [0.15, 0.2) is 4.90 Å². The molecule has 0 saturated carbocycles. The Hall–Kier alpha value is -1.30. The average molecular weight is 330 g/mol. The average Bonchev–Trinajstić information content (AvgIpc) is 2.61. The zero-order valence-electron chi connectivity index (χ0n) is 13.0. The largest absolute Gasteiger partial charge is 0.396 e. The van der Waals surface area contributed by atoms with E-state index >= 15 is 0 Å². The van der Waals surface area contributed by atoms with Gasteiger partial charge in [-0.2, -0.15) is 5.26 Å². The summed E-state index contributed by atoms with van der Waals surface area (Å²) < 4.78 is 23.8. The molecule has 1 aromatic heterocycles. The first-order chi connectivity index (χ1) is 9.48. The lowest BCUT2D eigenvalue weighted by molar-refractivity contribution is 0.254. The van der Waals surface area contributed by atoms with Gasteiger partial charge in [-0.1, -0.05) is 13.8 Å². The van der Waals surface area contributed by atoms with Crippen LogP contribution in [0.4, 0.5) is 10.7 Å². The molecule has 0 aliphatic rings. The van der Waals surface area contributed by atoms with Crippen LogP contribution < -0.4 is 11.1 Å². The van der Waals surface area contributed by atoms with Gasteiger partial charge in [0, 0.05) is 19.3 Å². The number of nitriles is 1. The fraction of sp³-hybridized carbons (Fsp3) is 0.615. The van der Waals surface area contributed by atoms with Crippen molar-refractivity contribution in [3.63, 3.8) is 0 Å². The number of hydrogen-bond donors (Lipinski definition) is 2. The van der Waals surface area contributed by atoms with Crippen molar-refractivity contribution in [2.24, 2.45) is 5.41 Å². The van der Waals surface area contributed by atoms with Crippen LogP contribution >= 0.6 is 11.3 Å². The number of anilines is 2. The number of rotatable bonds is 6. The van der Waals surface area contributed by atoms with E-state index in [4.69, 9.17) is 11.0 Å². The highest BCUT2D eigenvalue weighted by Gasteiger charge is 2.26. The number of nitrogens with one attached hydrogen (secondary N) is 1. The molecule has 0 unspecified atom stereocenters. The Bertz CT molecular complexity index is 654. The third-order valence-corrected chi connectivity index (χ3v) is 5.21. The third kappa shape index (κ3) is 4.59. The molecule has 6 nitrogen and oxygen atoms in total. The SMILES string of the molecule is CN(C)CC(C)(C)CNc1sc(C#N)c(N)c1S(C)(=O)=O. The molecule has 0 amide bonds. The highest BCUT2D eigenvalue weighted by Crippen LogP contribution is 2.39. The Morgan fingerprint density at radius 2 is 2.00 bits per heavy atom. The maximum absolute atomic E-state index is 11.9. The fourth-order valence-electron chi connectivity index (χ4n) is 2.23. The lowest BCUT2D eigenvalue weighted by Gasteiger charge is -2.28. The van der Waals surface area contributed by atoms with Gasteiger partial charge in [0.1, 0.15) is 20.8 Å². The smallest absolute Gasteiger partial charge is 0.180 e. The predicted octanol–water partition coefficient (Wildman–Crippen LogP) is 1.61. The molecular formula is C13H22N4O2S2. The van der Waals surface area contributed by atoms with Gasteiger partial charge in [-0.3, -0.25) is 0 Å². The van der Waals surface area contributed by atoms with Crippen molar-refractivity contribution in [1.29, 1.82) is 5.26 Å². The summed E-state index contributed by atoms with van der Waals surface area (Å²) in [4.78, 5) is 2.33. The minimum atomic E-state index is -3.48. The van der Waals surface area contributed by atoms with E-state index in [9.17, 15) is 8.42 Å². The van der Waals surface area contributed by atoms with E-state index in [2.05, 4.69) is 24.1 Å². The first-order valence-corrected chi connectivity index (χ1v) is 9.10. The van der Waals surface area contributed by atoms with Crippen molar-refractivity contribution in [3.05, 3.63) is 4.88 Å². The molecule has 118 valence electrons. The van der Waals surface area contributed by atoms with E-state index in [1.807, 2.05) is 20.2 Å². The summed E-state index contributed by atoms with van der Waals surface area (Å²) in [5.74, 6) is 0. The summed E-state index contributed by atoms with van der Waals surface area (Å²) in [5, 5.41) is 12.6. The number of sulfone groups is 1. The minimum Gasteiger partial charge on any atom is -0.396 e. The van der Waals surface area contributed by atoms with Gasteiger partial charge in [0.05, 0.1) is 5.69 Å². The maximum atomic E-state index is 11.9. The molecule has 21 heavy (non-hydrogen) atoms. The molecule has 0 aliphatic carbocycles. The van der Waals surface area contributed by atoms with Gasteiger partial charge in [0.15, 0.2) is 9.84 Å². The van der Waals surface area contributed by atoms with Crippen molar-refractivity contribution in [2.45, 2.75) is 18.7 Å². The van der Waals surface area contributed by atoms with E-state index in [1.165, 1.54) is 0 Å². The number of nitrogens with two attached hydrogens (primary N) is 1. The van der Waals surface area contributed by atoms with E-state index in [0.29, 0.717) is 11.5 Å². The zero-order valence-corrected chi connectivity index (χ0v) is 14.7. The van der Waals surface area contributed by atoms with Gasteiger partial charge < -0.3 is 16.0 Å². The first-order valence-electron chi connectivity index (χ1n) is 6.39. The molecule has 1 heterocycles. The molecule has 0 radical (unpaired) electrons. The Morgan fingerprint density at radius 1 is 1.43 bits per heavy atom. The number of thiophene rings is 1. The number of nitrogens with zero attached hydrogens (tertiary/aromatic N) is 2. The van der Waals surface area contributed by atoms with Crippen LogP contribution in [0.3, 0.4) is 0 Å². The van der Waals surface area contributed by atoms with Crippen LogP contribution in [0.1, 0.15) is 18.7 Å². The lowest BCUT2D eigenvalue weighted by Crippen LogP contribution is -2.34. The van der Waals surface area contributed by atoms with Crippen molar-refractivity contribution in [3.8, 4) is 6.07 Å². The zero-order chi connectivity index (χ0) is 16.4. The Labute approximate surface area is 130 Å². The Balaban J connectivity index is 3.08. The van der Waals surface area contributed by atoms with Gasteiger partial charge in [0.25, 0.3) is 0 Å². The second-order valence-electron chi connectivity index (χ2n) is 6.14. The van der Waals surface area contributed by atoms with Crippen molar-refractivity contribution < 1.29 is 8.42 Å². The number of hydrogen-bond acceptors (Lipinski definition) is 7. The van der Waals surface area contributed by atoms with Crippen LogP contribution in [0.5, 0.6) is 0 Å². The quantitative estimate of drug-likeness (QED) is 0.822. The molecule has 1 aromatic rings. The third-order valence-electron chi connectivity index (χ3n) is 2.84. The summed E-state index contributed by atoms with van der Waals surface area (Å²) in [6.07, 6.45) is 1.10. The van der Waals surface area contributed by atoms with E-state index < -0.39 is 9.84 Å². The predicted molar refractivity (Wildman–Crippen MR) is 87.4 cm³/mol. The van der Waals surface area contributed by atoms with Crippen LogP contribution in [0.2, 0.25) is 0 Å². The van der Waals surface area contributed by atoms with Crippen molar-refractivity contribution in [1.82, 2.24) is 4.90 Å². The minimum absolute atomic E-state index is 0.0321. The highest BCUT2D eigenvalue weighted by atomic mass is 32.2. The standard InChI is InChI=1S/C13H22N4O2S2/c1-13(2,8-17(3)4)7-16-12-11(21(5,18)19)10(15)9(6-14)20-12/h16H,7-8,15H2,1-5H3. The van der Waals surface area contributed by atoms with Crippen LogP contribution in [0.25, 0.3) is 0 Å². The van der Waals surface area contributed by atoms with Gasteiger partial charge in [0.2, 0.25) is 0 Å². The summed E-state index contributed by atoms with van der Waals surface area (Å²) >= 11 is 1.08. The van der Waals surface area contributed by atoms with Crippen molar-refractivity contribution >= 4 is 31.9 Å². The van der Waals surface area contributed by atoms with Gasteiger partial charge >= 0.3 is 0 Å². The first kappa shape index (κ1) is 17.8. The lowest BCUT2D eigenvalue weighted by atomic mass is 9.93. The summed E-state index contributed by atoms with van der Waals surface area (Å²) in [7, 11) is 0.491. The molecule has 0 spiro atoms. The second-order valence-corrected chi connectivity index (χ2v) is 9.12. The Kier molecular flexibility index (Phi) is 5.25. The van der Waals surface area contributed by atoms with E-state index in [1.54, 1.807) is 0 Å². The summed E-state index contributed by atoms with van der Waals surface area (Å²) in [5.41, 5.74) is 5.77. The molecule has 3 N–H and O–H groups in total. The molecule has 8 heteroatoms. The molecule has 1 rings (SSSR count). The van der Waals surface area contributed by atoms with Crippen molar-refractivity contribution in [2.75, 3.05) is 44.5 Å². The van der Waals surface area contributed by atoms with E-state index in [-0.39, 0.29) is 20.9 Å². The van der Waals surface area contributed by atoms with Crippen LogP contribution in [-0.2, 0) is 9.84 Å². The fourth-order valence-corrected chi connectivity index (χ4v) is 4.59. The van der Waals surface area contributed by atoms with Crippen LogP contribution in [0, 0.1) is 16.7 Å². The summed E-state index contributed by atoms with van der Waals surface area (Å²) in [6, 6.07) is 1.94. The molecule has 0 fully saturated rings. The molecule has 0 atom stereocenters. The molecule has 0 aliphatic heterocycles. The van der Waals surface area contributed by atoms with Crippen LogP contribution in [-0.4, -0.2) is 46.8 Å². The van der Waals surface area contributed by atoms with Gasteiger partial charge in [-0.05, 0) is 19.5 Å². The highest BCUT2D eigenvalue weighted by molar-refractivity contribution is 7.91. The van der Waals surface area contributed by atoms with Gasteiger partial charge in [-0.25, -0.2) is 8.42 Å². The number of nitrogen functional groups attached to an aromatic ring is 1. The second kappa shape index (κ2) is 6.22. The van der Waals surface area contributed by atoms with E-state index in [0.717, 1.165) is 24.1 Å². The monoisotopic (exact) mass is 330 g/mol. The van der Waals surface area contributed by atoms with Gasteiger partial charge in [-0.15, -0.1) is 11.3 Å². The Morgan fingerprint density at radius 3 is 2.43 bits per heavy atom. The maximum Gasteiger partial charge on any atom is 0.180 e. The molecule has 0 aromatic carbocycles. The normalized spacial score (nSPS) is 12.4. The summed E-state index contributed by atoms with van der Waals surface area (Å²) in [6.45, 7) is 5.60. The topological polar surface area (TPSA) is 99.2 Å². The molecular weight excluding hydrogens is 308 g/mol. The molecule has 0 bridgehead atoms.